The highest BCUT2D eigenvalue weighted by Gasteiger charge is 2.17. The van der Waals surface area contributed by atoms with Crippen molar-refractivity contribution < 1.29 is 4.39 Å². The van der Waals surface area contributed by atoms with Crippen molar-refractivity contribution >= 4 is 45.7 Å². The monoisotopic (exact) mass is 313 g/mol. The Morgan fingerprint density at radius 1 is 0.895 bits per heavy atom. The Hall–Kier alpha value is -1.22. The third kappa shape index (κ3) is 2.00. The zero-order valence-electron chi connectivity index (χ0n) is 9.48. The van der Waals surface area contributed by atoms with Gasteiger partial charge in [0.15, 0.2) is 0 Å². The van der Waals surface area contributed by atoms with Crippen LogP contribution in [0.4, 0.5) is 4.39 Å². The number of halogens is 4. The minimum Gasteiger partial charge on any atom is -0.361 e. The number of nitrogens with one attached hydrogen (secondary N) is 1. The van der Waals surface area contributed by atoms with Crippen molar-refractivity contribution in [3.63, 3.8) is 0 Å². The summed E-state index contributed by atoms with van der Waals surface area (Å²) >= 11 is 18.2. The Kier molecular flexibility index (Phi) is 3.17. The van der Waals surface area contributed by atoms with Gasteiger partial charge >= 0.3 is 0 Å². The molecule has 0 saturated heterocycles. The molecule has 1 heterocycles. The first-order chi connectivity index (χ1) is 9.09. The second-order valence-electron chi connectivity index (χ2n) is 4.08. The molecule has 1 aromatic heterocycles. The van der Waals surface area contributed by atoms with E-state index in [1.54, 1.807) is 36.5 Å². The molecular weight excluding hydrogens is 308 g/mol. The highest BCUT2D eigenvalue weighted by atomic mass is 35.5. The number of benzene rings is 2. The van der Waals surface area contributed by atoms with Gasteiger partial charge < -0.3 is 4.98 Å². The molecule has 0 radical (unpaired) electrons. The summed E-state index contributed by atoms with van der Waals surface area (Å²) in [4.78, 5) is 2.95. The molecule has 0 aliphatic rings. The lowest BCUT2D eigenvalue weighted by molar-refractivity contribution is 0.643. The van der Waals surface area contributed by atoms with Gasteiger partial charge in [-0.1, -0.05) is 34.8 Å². The summed E-state index contributed by atoms with van der Waals surface area (Å²) in [5.74, 6) is -0.371. The van der Waals surface area contributed by atoms with Gasteiger partial charge in [-0.15, -0.1) is 0 Å². The lowest BCUT2D eigenvalue weighted by Crippen LogP contribution is -1.88. The third-order valence-corrected chi connectivity index (χ3v) is 4.10. The lowest BCUT2D eigenvalue weighted by atomic mass is 10.0. The van der Waals surface area contributed by atoms with Gasteiger partial charge in [-0.3, -0.25) is 0 Å². The van der Waals surface area contributed by atoms with Crippen LogP contribution in [0, 0.1) is 5.82 Å². The van der Waals surface area contributed by atoms with E-state index in [4.69, 9.17) is 34.8 Å². The van der Waals surface area contributed by atoms with Crippen LogP contribution in [0.5, 0.6) is 0 Å². The van der Waals surface area contributed by atoms with Gasteiger partial charge in [0.2, 0.25) is 0 Å². The summed E-state index contributed by atoms with van der Waals surface area (Å²) in [5, 5.41) is 1.45. The van der Waals surface area contributed by atoms with E-state index in [1.807, 2.05) is 0 Å². The number of aromatic amines is 1. The van der Waals surface area contributed by atoms with Crippen molar-refractivity contribution in [3.8, 4) is 11.1 Å². The molecule has 0 aliphatic carbocycles. The summed E-state index contributed by atoms with van der Waals surface area (Å²) in [7, 11) is 0. The molecule has 3 aromatic rings. The fourth-order valence-corrected chi connectivity index (χ4v) is 2.80. The highest BCUT2D eigenvalue weighted by Crippen LogP contribution is 2.41. The molecule has 0 fully saturated rings. The molecule has 0 aliphatic heterocycles. The summed E-state index contributed by atoms with van der Waals surface area (Å²) in [6, 6.07) is 8.27. The van der Waals surface area contributed by atoms with Crippen molar-refractivity contribution in [1.29, 1.82) is 0 Å². The molecule has 5 heteroatoms. The van der Waals surface area contributed by atoms with Gasteiger partial charge in [-0.05, 0) is 30.3 Å². The van der Waals surface area contributed by atoms with Crippen LogP contribution < -0.4 is 0 Å². The van der Waals surface area contributed by atoms with Crippen LogP contribution >= 0.6 is 34.8 Å². The summed E-state index contributed by atoms with van der Waals surface area (Å²) in [5.41, 5.74) is 1.47. The SMILES string of the molecule is Fc1c(-c2c(Cl)ccc(Cl)c2Cl)ccc2[nH]ccc12. The second-order valence-corrected chi connectivity index (χ2v) is 5.28. The molecule has 0 bridgehead atoms. The van der Waals surface area contributed by atoms with Crippen LogP contribution in [0.1, 0.15) is 0 Å². The van der Waals surface area contributed by atoms with Crippen molar-refractivity contribution in [2.45, 2.75) is 0 Å². The molecule has 19 heavy (non-hydrogen) atoms. The number of hydrogen-bond donors (Lipinski definition) is 1. The quantitative estimate of drug-likeness (QED) is 0.535. The molecule has 0 amide bonds. The van der Waals surface area contributed by atoms with Gasteiger partial charge in [0.05, 0.1) is 15.1 Å². The Morgan fingerprint density at radius 3 is 2.42 bits per heavy atom. The first kappa shape index (κ1) is 12.8. The zero-order chi connectivity index (χ0) is 13.6. The van der Waals surface area contributed by atoms with Gasteiger partial charge in [0, 0.05) is 28.2 Å². The van der Waals surface area contributed by atoms with E-state index in [0.717, 1.165) is 5.52 Å². The van der Waals surface area contributed by atoms with Gasteiger partial charge in [-0.25, -0.2) is 4.39 Å². The van der Waals surface area contributed by atoms with Gasteiger partial charge in [0.25, 0.3) is 0 Å². The van der Waals surface area contributed by atoms with Crippen molar-refractivity contribution in [3.05, 3.63) is 57.4 Å². The topological polar surface area (TPSA) is 15.8 Å². The lowest BCUT2D eigenvalue weighted by Gasteiger charge is -2.10. The van der Waals surface area contributed by atoms with Crippen LogP contribution in [0.15, 0.2) is 36.5 Å². The summed E-state index contributed by atoms with van der Waals surface area (Å²) in [6.07, 6.45) is 1.68. The van der Waals surface area contributed by atoms with E-state index in [2.05, 4.69) is 4.98 Å². The summed E-state index contributed by atoms with van der Waals surface area (Å²) < 4.78 is 14.5. The van der Waals surface area contributed by atoms with E-state index in [9.17, 15) is 4.39 Å². The third-order valence-electron chi connectivity index (χ3n) is 2.98. The number of aromatic nitrogens is 1. The van der Waals surface area contributed by atoms with Crippen LogP contribution in [0.3, 0.4) is 0 Å². The second kappa shape index (κ2) is 4.71. The smallest absolute Gasteiger partial charge is 0.140 e. The predicted octanol–water partition coefficient (Wildman–Crippen LogP) is 5.93. The van der Waals surface area contributed by atoms with Crippen LogP contribution in [0.25, 0.3) is 22.0 Å². The fourth-order valence-electron chi connectivity index (χ4n) is 2.06. The molecule has 2 aromatic carbocycles. The fraction of sp³-hybridized carbons (Fsp3) is 0. The largest absolute Gasteiger partial charge is 0.361 e. The van der Waals surface area contributed by atoms with E-state index in [1.165, 1.54) is 0 Å². The normalized spacial score (nSPS) is 11.2. The van der Waals surface area contributed by atoms with Crippen molar-refractivity contribution in [1.82, 2.24) is 4.98 Å². The van der Waals surface area contributed by atoms with Crippen molar-refractivity contribution in [2.24, 2.45) is 0 Å². The predicted molar refractivity (Wildman–Crippen MR) is 78.7 cm³/mol. The van der Waals surface area contributed by atoms with Crippen LogP contribution in [0.2, 0.25) is 15.1 Å². The van der Waals surface area contributed by atoms with E-state index in [0.29, 0.717) is 26.6 Å². The molecule has 0 unspecified atom stereocenters. The number of H-pyrrole nitrogens is 1. The Morgan fingerprint density at radius 2 is 1.63 bits per heavy atom. The first-order valence-corrected chi connectivity index (χ1v) is 6.62. The maximum Gasteiger partial charge on any atom is 0.140 e. The minimum atomic E-state index is -0.371. The average Bonchev–Trinajstić information content (AvgIpc) is 2.86. The maximum absolute atomic E-state index is 14.5. The molecule has 1 N–H and O–H groups in total. The molecule has 96 valence electrons. The standard InChI is InChI=1S/C14H7Cl3FN/c15-9-2-3-10(16)13(17)12(9)8-1-4-11-7(14(8)18)5-6-19-11/h1-6,19H. The number of rotatable bonds is 1. The maximum atomic E-state index is 14.5. The molecule has 0 saturated carbocycles. The molecule has 3 rings (SSSR count). The zero-order valence-corrected chi connectivity index (χ0v) is 11.7. The molecule has 1 nitrogen and oxygen atoms in total. The van der Waals surface area contributed by atoms with E-state index < -0.39 is 0 Å². The molecular formula is C14H7Cl3FN. The van der Waals surface area contributed by atoms with Gasteiger partial charge in [-0.2, -0.15) is 0 Å². The van der Waals surface area contributed by atoms with Crippen LogP contribution in [-0.2, 0) is 0 Å². The summed E-state index contributed by atoms with van der Waals surface area (Å²) in [6.45, 7) is 0. The van der Waals surface area contributed by atoms with E-state index >= 15 is 0 Å². The number of fused-ring (bicyclic) bond motifs is 1. The minimum absolute atomic E-state index is 0.253. The first-order valence-electron chi connectivity index (χ1n) is 5.49. The Labute approximate surface area is 123 Å². The van der Waals surface area contributed by atoms with Crippen LogP contribution in [-0.4, -0.2) is 4.98 Å². The van der Waals surface area contributed by atoms with Crippen molar-refractivity contribution in [2.75, 3.05) is 0 Å². The number of hydrogen-bond acceptors (Lipinski definition) is 0. The Bertz CT molecular complexity index is 780. The van der Waals surface area contributed by atoms with Gasteiger partial charge in [0.1, 0.15) is 5.82 Å². The van der Waals surface area contributed by atoms with E-state index in [-0.39, 0.29) is 10.8 Å². The molecule has 0 spiro atoms. The molecule has 0 atom stereocenters. The highest BCUT2D eigenvalue weighted by molar-refractivity contribution is 6.46. The Balaban J connectivity index is 2.36. The average molecular weight is 315 g/mol.